The van der Waals surface area contributed by atoms with Crippen molar-refractivity contribution in [1.82, 2.24) is 9.78 Å². The first-order chi connectivity index (χ1) is 6.54. The van der Waals surface area contributed by atoms with Gasteiger partial charge >= 0.3 is 5.97 Å². The van der Waals surface area contributed by atoms with Gasteiger partial charge in [0.25, 0.3) is 0 Å². The maximum Gasteiger partial charge on any atom is 0.356 e. The highest BCUT2D eigenvalue weighted by Gasteiger charge is 2.14. The van der Waals surface area contributed by atoms with Crippen LogP contribution in [-0.2, 0) is 18.2 Å². The summed E-state index contributed by atoms with van der Waals surface area (Å²) in [5, 5.41) is 4.17. The van der Waals surface area contributed by atoms with E-state index in [1.165, 1.54) is 0 Å². The number of carbonyl (C=O) groups is 1. The van der Waals surface area contributed by atoms with Gasteiger partial charge in [-0.25, -0.2) is 4.79 Å². The Kier molecular flexibility index (Phi) is 3.28. The second-order valence-electron chi connectivity index (χ2n) is 3.45. The summed E-state index contributed by atoms with van der Waals surface area (Å²) in [5.41, 5.74) is 1.42. The van der Waals surface area contributed by atoms with Gasteiger partial charge in [0.2, 0.25) is 0 Å². The van der Waals surface area contributed by atoms with Crippen molar-refractivity contribution < 1.29 is 9.53 Å². The first kappa shape index (κ1) is 10.8. The summed E-state index contributed by atoms with van der Waals surface area (Å²) < 4.78 is 6.63. The molecule has 0 aliphatic carbocycles. The fourth-order valence-electron chi connectivity index (χ4n) is 1.16. The molecule has 0 bridgehead atoms. The van der Waals surface area contributed by atoms with Crippen LogP contribution in [0.15, 0.2) is 6.07 Å². The standard InChI is InChI=1S/C10H16N2O2/c1-5-8-6-9(12(4)11-8)10(13)14-7(2)3/h6-7H,5H2,1-4H3. The van der Waals surface area contributed by atoms with Crippen molar-refractivity contribution in [2.75, 3.05) is 0 Å². The van der Waals surface area contributed by atoms with Gasteiger partial charge in [-0.3, -0.25) is 4.68 Å². The number of hydrogen-bond donors (Lipinski definition) is 0. The Morgan fingerprint density at radius 2 is 2.29 bits per heavy atom. The Hall–Kier alpha value is -1.32. The predicted octanol–water partition coefficient (Wildman–Crippen LogP) is 1.55. The van der Waals surface area contributed by atoms with Crippen LogP contribution in [-0.4, -0.2) is 21.9 Å². The molecule has 1 heterocycles. The number of hydrogen-bond acceptors (Lipinski definition) is 3. The molecule has 0 saturated heterocycles. The van der Waals surface area contributed by atoms with Crippen molar-refractivity contribution in [3.63, 3.8) is 0 Å². The fraction of sp³-hybridized carbons (Fsp3) is 0.600. The summed E-state index contributed by atoms with van der Waals surface area (Å²) in [4.78, 5) is 11.5. The van der Waals surface area contributed by atoms with E-state index in [0.29, 0.717) is 5.69 Å². The monoisotopic (exact) mass is 196 g/mol. The smallest absolute Gasteiger partial charge is 0.356 e. The van der Waals surface area contributed by atoms with Crippen molar-refractivity contribution in [1.29, 1.82) is 0 Å². The third-order valence-electron chi connectivity index (χ3n) is 1.84. The Bertz CT molecular complexity index is 329. The number of ether oxygens (including phenoxy) is 1. The number of nitrogens with zero attached hydrogens (tertiary/aromatic N) is 2. The van der Waals surface area contributed by atoms with Crippen LogP contribution < -0.4 is 0 Å². The lowest BCUT2D eigenvalue weighted by Gasteiger charge is -2.06. The van der Waals surface area contributed by atoms with Gasteiger partial charge in [-0.2, -0.15) is 5.10 Å². The highest BCUT2D eigenvalue weighted by atomic mass is 16.5. The van der Waals surface area contributed by atoms with Gasteiger partial charge < -0.3 is 4.74 Å². The second-order valence-corrected chi connectivity index (χ2v) is 3.45. The number of aromatic nitrogens is 2. The van der Waals surface area contributed by atoms with E-state index in [2.05, 4.69) is 5.10 Å². The first-order valence-corrected chi connectivity index (χ1v) is 4.78. The number of carbonyl (C=O) groups excluding carboxylic acids is 1. The Morgan fingerprint density at radius 3 is 2.71 bits per heavy atom. The fourth-order valence-corrected chi connectivity index (χ4v) is 1.16. The maximum atomic E-state index is 11.5. The molecule has 0 amide bonds. The molecular weight excluding hydrogens is 180 g/mol. The summed E-state index contributed by atoms with van der Waals surface area (Å²) in [6, 6.07) is 1.77. The molecule has 0 aromatic carbocycles. The Balaban J connectivity index is 2.84. The van der Waals surface area contributed by atoms with Gasteiger partial charge in [-0.05, 0) is 26.3 Å². The zero-order chi connectivity index (χ0) is 10.7. The lowest BCUT2D eigenvalue weighted by Crippen LogP contribution is -2.15. The molecule has 4 heteroatoms. The van der Waals surface area contributed by atoms with Gasteiger partial charge in [0.05, 0.1) is 11.8 Å². The minimum absolute atomic E-state index is 0.0949. The van der Waals surface area contributed by atoms with Crippen LogP contribution in [0.3, 0.4) is 0 Å². The molecule has 0 saturated carbocycles. The Morgan fingerprint density at radius 1 is 1.64 bits per heavy atom. The molecule has 0 radical (unpaired) electrons. The molecule has 1 aromatic heterocycles. The van der Waals surface area contributed by atoms with Crippen LogP contribution in [0.2, 0.25) is 0 Å². The molecule has 0 atom stereocenters. The van der Waals surface area contributed by atoms with Crippen molar-refractivity contribution in [2.45, 2.75) is 33.3 Å². The van der Waals surface area contributed by atoms with Crippen molar-refractivity contribution >= 4 is 5.97 Å². The molecule has 0 N–H and O–H groups in total. The number of esters is 1. The number of aryl methyl sites for hydroxylation is 2. The van der Waals surface area contributed by atoms with Gasteiger partial charge in [-0.1, -0.05) is 6.92 Å². The highest BCUT2D eigenvalue weighted by molar-refractivity contribution is 5.87. The third-order valence-corrected chi connectivity index (χ3v) is 1.84. The molecule has 0 spiro atoms. The van der Waals surface area contributed by atoms with Crippen molar-refractivity contribution in [3.8, 4) is 0 Å². The zero-order valence-corrected chi connectivity index (χ0v) is 9.07. The summed E-state index contributed by atoms with van der Waals surface area (Å²) in [6.45, 7) is 5.66. The number of rotatable bonds is 3. The Labute approximate surface area is 83.9 Å². The van der Waals surface area contributed by atoms with Crippen LogP contribution in [0.4, 0.5) is 0 Å². The first-order valence-electron chi connectivity index (χ1n) is 4.78. The maximum absolute atomic E-state index is 11.5. The van der Waals surface area contributed by atoms with E-state index in [0.717, 1.165) is 12.1 Å². The second kappa shape index (κ2) is 4.26. The summed E-state index contributed by atoms with van der Waals surface area (Å²) in [7, 11) is 1.75. The van der Waals surface area contributed by atoms with E-state index in [-0.39, 0.29) is 12.1 Å². The van der Waals surface area contributed by atoms with E-state index >= 15 is 0 Å². The van der Waals surface area contributed by atoms with E-state index < -0.39 is 0 Å². The molecule has 0 aliphatic heterocycles. The van der Waals surface area contributed by atoms with E-state index in [1.54, 1.807) is 17.8 Å². The molecule has 4 nitrogen and oxygen atoms in total. The van der Waals surface area contributed by atoms with Crippen molar-refractivity contribution in [2.24, 2.45) is 7.05 Å². The molecule has 1 aromatic rings. The van der Waals surface area contributed by atoms with Crippen molar-refractivity contribution in [3.05, 3.63) is 17.5 Å². The van der Waals surface area contributed by atoms with Crippen LogP contribution in [0.1, 0.15) is 37.0 Å². The van der Waals surface area contributed by atoms with Gasteiger partial charge in [0.15, 0.2) is 0 Å². The minimum atomic E-state index is -0.310. The highest BCUT2D eigenvalue weighted by Crippen LogP contribution is 2.06. The summed E-state index contributed by atoms with van der Waals surface area (Å²) >= 11 is 0. The van der Waals surface area contributed by atoms with Gasteiger partial charge in [-0.15, -0.1) is 0 Å². The summed E-state index contributed by atoms with van der Waals surface area (Å²) in [6.07, 6.45) is 0.727. The average molecular weight is 196 g/mol. The normalized spacial score (nSPS) is 10.6. The molecule has 0 unspecified atom stereocenters. The molecular formula is C10H16N2O2. The third kappa shape index (κ3) is 2.34. The van der Waals surface area contributed by atoms with Gasteiger partial charge in [0, 0.05) is 7.05 Å². The van der Waals surface area contributed by atoms with Crippen LogP contribution in [0.25, 0.3) is 0 Å². The van der Waals surface area contributed by atoms with Gasteiger partial charge in [0.1, 0.15) is 5.69 Å². The zero-order valence-electron chi connectivity index (χ0n) is 9.07. The minimum Gasteiger partial charge on any atom is -0.458 e. The molecule has 1 rings (SSSR count). The largest absolute Gasteiger partial charge is 0.458 e. The molecule has 0 aliphatic rings. The summed E-state index contributed by atoms with van der Waals surface area (Å²) in [5.74, 6) is -0.310. The van der Waals surface area contributed by atoms with E-state index in [4.69, 9.17) is 4.74 Å². The van der Waals surface area contributed by atoms with Crippen LogP contribution >= 0.6 is 0 Å². The lowest BCUT2D eigenvalue weighted by molar-refractivity contribution is 0.0365. The van der Waals surface area contributed by atoms with E-state index in [1.807, 2.05) is 20.8 Å². The predicted molar refractivity (Wildman–Crippen MR) is 53.1 cm³/mol. The lowest BCUT2D eigenvalue weighted by atomic mass is 10.3. The van der Waals surface area contributed by atoms with Crippen LogP contribution in [0.5, 0.6) is 0 Å². The molecule has 14 heavy (non-hydrogen) atoms. The molecule has 78 valence electrons. The molecule has 0 fully saturated rings. The van der Waals surface area contributed by atoms with E-state index in [9.17, 15) is 4.79 Å². The average Bonchev–Trinajstić information content (AvgIpc) is 2.45. The quantitative estimate of drug-likeness (QED) is 0.689. The SMILES string of the molecule is CCc1cc(C(=O)OC(C)C)n(C)n1. The van der Waals surface area contributed by atoms with Crippen LogP contribution in [0, 0.1) is 0 Å². The topological polar surface area (TPSA) is 44.1 Å².